The van der Waals surface area contributed by atoms with Gasteiger partial charge in [-0.15, -0.1) is 0 Å². The number of hydrogen-bond donors (Lipinski definition) is 4. The number of carbonyl (C=O) groups excluding carboxylic acids is 2. The zero-order valence-electron chi connectivity index (χ0n) is 16.5. The number of carbonyl (C=O) groups is 2. The Kier molecular flexibility index (Phi) is 7.07. The predicted molar refractivity (Wildman–Crippen MR) is 101 cm³/mol. The molecule has 1 atom stereocenters. The van der Waals surface area contributed by atoms with E-state index in [1.807, 2.05) is 32.3 Å². The lowest BCUT2D eigenvalue weighted by molar-refractivity contribution is -0.937. The second kappa shape index (κ2) is 9.72. The van der Waals surface area contributed by atoms with Crippen LogP contribution in [0.4, 0.5) is 0 Å². The maximum Gasteiger partial charge on any atom is 0.309 e. The fourth-order valence-electron chi connectivity index (χ4n) is 3.39. The molecule has 2 amide bonds. The lowest BCUT2D eigenvalue weighted by Crippen LogP contribution is -3.15. The van der Waals surface area contributed by atoms with E-state index in [0.29, 0.717) is 32.1 Å². The molecule has 154 valence electrons. The van der Waals surface area contributed by atoms with Gasteiger partial charge in [-0.05, 0) is 18.2 Å². The summed E-state index contributed by atoms with van der Waals surface area (Å²) in [6.45, 7) is 4.85. The van der Waals surface area contributed by atoms with Crippen molar-refractivity contribution in [1.29, 1.82) is 0 Å². The number of quaternary nitrogens is 2. The monoisotopic (exact) mass is 394 g/mol. The van der Waals surface area contributed by atoms with Crippen LogP contribution in [0, 0.1) is 0 Å². The van der Waals surface area contributed by atoms with E-state index < -0.39 is 11.8 Å². The van der Waals surface area contributed by atoms with E-state index in [0.717, 1.165) is 30.9 Å². The molecule has 0 aromatic heterocycles. The molecule has 0 bridgehead atoms. The number of ether oxygens (including phenoxy) is 3. The van der Waals surface area contributed by atoms with Crippen molar-refractivity contribution in [2.45, 2.75) is 6.04 Å². The van der Waals surface area contributed by atoms with Gasteiger partial charge in [-0.2, -0.15) is 0 Å². The number of likely N-dealkylation sites (N-methyl/N-ethyl adjacent to an activating group) is 1. The van der Waals surface area contributed by atoms with Crippen molar-refractivity contribution in [3.05, 3.63) is 23.8 Å². The number of benzene rings is 1. The SMILES string of the molecule is C[NH+](C)CCNC(=O)C(=O)NC[C@@H](c1ccc2c(c1)OCO2)[NH+]1CCOCC1. The highest BCUT2D eigenvalue weighted by atomic mass is 16.7. The maximum absolute atomic E-state index is 12.2. The zero-order chi connectivity index (χ0) is 19.9. The number of fused-ring (bicyclic) bond motifs is 1. The third-order valence-electron chi connectivity index (χ3n) is 5.01. The fourth-order valence-corrected chi connectivity index (χ4v) is 3.39. The van der Waals surface area contributed by atoms with Crippen LogP contribution in [-0.4, -0.2) is 78.6 Å². The Balaban J connectivity index is 1.63. The molecule has 1 aromatic rings. The summed E-state index contributed by atoms with van der Waals surface area (Å²) in [5.74, 6) is 0.242. The highest BCUT2D eigenvalue weighted by molar-refractivity contribution is 6.35. The van der Waals surface area contributed by atoms with Crippen molar-refractivity contribution >= 4 is 11.8 Å². The summed E-state index contributed by atoms with van der Waals surface area (Å²) in [7, 11) is 3.99. The van der Waals surface area contributed by atoms with E-state index in [1.165, 1.54) is 9.80 Å². The molecule has 0 aliphatic carbocycles. The average molecular weight is 394 g/mol. The molecule has 4 N–H and O–H groups in total. The molecule has 0 saturated carbocycles. The first-order chi connectivity index (χ1) is 13.5. The maximum atomic E-state index is 12.2. The van der Waals surface area contributed by atoms with Gasteiger partial charge in [0.05, 0.1) is 46.9 Å². The second-order valence-corrected chi connectivity index (χ2v) is 7.36. The predicted octanol–water partition coefficient (Wildman–Crippen LogP) is -3.25. The van der Waals surface area contributed by atoms with Gasteiger partial charge in [0, 0.05) is 5.56 Å². The summed E-state index contributed by atoms with van der Waals surface area (Å²) in [4.78, 5) is 26.7. The zero-order valence-corrected chi connectivity index (χ0v) is 16.5. The highest BCUT2D eigenvalue weighted by Crippen LogP contribution is 2.33. The van der Waals surface area contributed by atoms with Gasteiger partial charge >= 0.3 is 11.8 Å². The van der Waals surface area contributed by atoms with Crippen LogP contribution in [0.5, 0.6) is 11.5 Å². The summed E-state index contributed by atoms with van der Waals surface area (Å²) in [5.41, 5.74) is 1.04. The minimum Gasteiger partial charge on any atom is -0.454 e. The van der Waals surface area contributed by atoms with Crippen molar-refractivity contribution in [3.8, 4) is 11.5 Å². The van der Waals surface area contributed by atoms with E-state index in [9.17, 15) is 9.59 Å². The first-order valence-electron chi connectivity index (χ1n) is 9.71. The molecule has 1 aromatic carbocycles. The van der Waals surface area contributed by atoms with E-state index in [4.69, 9.17) is 14.2 Å². The Bertz CT molecular complexity index is 691. The highest BCUT2D eigenvalue weighted by Gasteiger charge is 2.29. The van der Waals surface area contributed by atoms with E-state index in [-0.39, 0.29) is 12.8 Å². The first-order valence-corrected chi connectivity index (χ1v) is 9.71. The molecule has 0 radical (unpaired) electrons. The quantitative estimate of drug-likeness (QED) is 0.365. The van der Waals surface area contributed by atoms with Crippen molar-refractivity contribution in [1.82, 2.24) is 10.6 Å². The van der Waals surface area contributed by atoms with Crippen LogP contribution in [0.25, 0.3) is 0 Å². The van der Waals surface area contributed by atoms with Gasteiger partial charge < -0.3 is 34.6 Å². The van der Waals surface area contributed by atoms with E-state index in [2.05, 4.69) is 10.6 Å². The van der Waals surface area contributed by atoms with Crippen LogP contribution in [-0.2, 0) is 14.3 Å². The molecule has 9 nitrogen and oxygen atoms in total. The lowest BCUT2D eigenvalue weighted by atomic mass is 10.0. The van der Waals surface area contributed by atoms with Gasteiger partial charge in [0.15, 0.2) is 11.5 Å². The number of morpholine rings is 1. The molecule has 2 heterocycles. The van der Waals surface area contributed by atoms with Gasteiger partial charge in [0.1, 0.15) is 19.1 Å². The van der Waals surface area contributed by atoms with Gasteiger partial charge in [0.25, 0.3) is 0 Å². The molecular formula is C19H30N4O5+2. The molecular weight excluding hydrogens is 364 g/mol. The molecule has 1 fully saturated rings. The van der Waals surface area contributed by atoms with Crippen molar-refractivity contribution < 1.29 is 33.6 Å². The van der Waals surface area contributed by atoms with Crippen molar-refractivity contribution in [3.63, 3.8) is 0 Å². The summed E-state index contributed by atoms with van der Waals surface area (Å²) in [5, 5.41) is 5.45. The van der Waals surface area contributed by atoms with Crippen LogP contribution in [0.3, 0.4) is 0 Å². The van der Waals surface area contributed by atoms with Gasteiger partial charge in [-0.3, -0.25) is 9.59 Å². The average Bonchev–Trinajstić information content (AvgIpc) is 3.16. The molecule has 1 saturated heterocycles. The van der Waals surface area contributed by atoms with Crippen LogP contribution in [0.2, 0.25) is 0 Å². The third kappa shape index (κ3) is 5.34. The van der Waals surface area contributed by atoms with Gasteiger partial charge in [-0.25, -0.2) is 0 Å². The second-order valence-electron chi connectivity index (χ2n) is 7.36. The van der Waals surface area contributed by atoms with Crippen LogP contribution < -0.4 is 29.9 Å². The molecule has 2 aliphatic heterocycles. The number of hydrogen-bond acceptors (Lipinski definition) is 5. The van der Waals surface area contributed by atoms with Crippen molar-refractivity contribution in [2.75, 3.05) is 66.8 Å². The summed E-state index contributed by atoms with van der Waals surface area (Å²) < 4.78 is 16.4. The fraction of sp³-hybridized carbons (Fsp3) is 0.579. The normalized spacial score (nSPS) is 17.4. The third-order valence-corrected chi connectivity index (χ3v) is 5.01. The largest absolute Gasteiger partial charge is 0.454 e. The summed E-state index contributed by atoms with van der Waals surface area (Å²) in [6.07, 6.45) is 0. The molecule has 3 rings (SSSR count). The lowest BCUT2D eigenvalue weighted by Gasteiger charge is -2.32. The molecule has 0 unspecified atom stereocenters. The van der Waals surface area contributed by atoms with Crippen molar-refractivity contribution in [2.24, 2.45) is 0 Å². The molecule has 9 heteroatoms. The molecule has 28 heavy (non-hydrogen) atoms. The minimum absolute atomic E-state index is 0.00127. The van der Waals surface area contributed by atoms with Gasteiger partial charge in [-0.1, -0.05) is 0 Å². The molecule has 2 aliphatic rings. The Morgan fingerprint density at radius 2 is 1.82 bits per heavy atom. The smallest absolute Gasteiger partial charge is 0.309 e. The minimum atomic E-state index is -0.604. The number of rotatable bonds is 7. The Hall–Kier alpha value is -2.36. The van der Waals surface area contributed by atoms with E-state index in [1.54, 1.807) is 0 Å². The molecule has 0 spiro atoms. The van der Waals surface area contributed by atoms with Crippen LogP contribution in [0.1, 0.15) is 11.6 Å². The summed E-state index contributed by atoms with van der Waals surface area (Å²) in [6, 6.07) is 5.85. The number of amides is 2. The Labute approximate surface area is 164 Å². The Morgan fingerprint density at radius 3 is 2.57 bits per heavy atom. The van der Waals surface area contributed by atoms with E-state index >= 15 is 0 Å². The standard InChI is InChI=1S/C19H28N4O5/c1-22(2)6-5-20-18(24)19(25)21-12-15(23-7-9-26-10-8-23)14-3-4-16-17(11-14)28-13-27-16/h3-4,11,15H,5-10,12-13H2,1-2H3,(H,20,24)(H,21,25)/p+2/t15-/m0/s1. The van der Waals surface area contributed by atoms with Crippen LogP contribution >= 0.6 is 0 Å². The van der Waals surface area contributed by atoms with Crippen LogP contribution in [0.15, 0.2) is 18.2 Å². The summed E-state index contributed by atoms with van der Waals surface area (Å²) >= 11 is 0. The van der Waals surface area contributed by atoms with Gasteiger partial charge in [0.2, 0.25) is 6.79 Å². The topological polar surface area (TPSA) is 94.8 Å². The Morgan fingerprint density at radius 1 is 1.11 bits per heavy atom. The first kappa shape index (κ1) is 20.4. The number of nitrogens with one attached hydrogen (secondary N) is 4.